The van der Waals surface area contributed by atoms with E-state index in [0.29, 0.717) is 6.54 Å². The van der Waals surface area contributed by atoms with Crippen molar-refractivity contribution in [1.29, 1.82) is 0 Å². The predicted molar refractivity (Wildman–Crippen MR) is 80.6 cm³/mol. The number of rotatable bonds is 5. The number of alkyl carbamates (subject to hydrolysis) is 1. The lowest BCUT2D eigenvalue weighted by Gasteiger charge is -2.19. The average molecular weight is 293 g/mol. The number of hydrogen-bond acceptors (Lipinski definition) is 4. The number of carbonyl (C=O) groups excluding carboxylic acids is 2. The molecule has 0 aliphatic rings. The molecule has 0 radical (unpaired) electrons. The normalized spacial score (nSPS) is 12.4. The van der Waals surface area contributed by atoms with E-state index in [1.807, 2.05) is 18.2 Å². The third-order valence-electron chi connectivity index (χ3n) is 2.53. The van der Waals surface area contributed by atoms with Gasteiger partial charge in [0.1, 0.15) is 11.6 Å². The van der Waals surface area contributed by atoms with Crippen molar-refractivity contribution in [3.05, 3.63) is 35.9 Å². The number of ether oxygens (including phenoxy) is 1. The van der Waals surface area contributed by atoms with Crippen LogP contribution in [0.1, 0.15) is 32.4 Å². The van der Waals surface area contributed by atoms with E-state index in [2.05, 4.69) is 10.6 Å². The Bertz CT molecular complexity index is 469. The van der Waals surface area contributed by atoms with Gasteiger partial charge in [0.2, 0.25) is 5.91 Å². The highest BCUT2D eigenvalue weighted by atomic mass is 16.6. The van der Waals surface area contributed by atoms with Crippen LogP contribution in [0.5, 0.6) is 0 Å². The van der Waals surface area contributed by atoms with Crippen molar-refractivity contribution in [1.82, 2.24) is 10.6 Å². The van der Waals surface area contributed by atoms with Gasteiger partial charge in [-0.1, -0.05) is 30.3 Å². The summed E-state index contributed by atoms with van der Waals surface area (Å²) in [5.74, 6) is -0.285. The lowest BCUT2D eigenvalue weighted by atomic mass is 10.1. The largest absolute Gasteiger partial charge is 0.444 e. The molecule has 0 bridgehead atoms. The van der Waals surface area contributed by atoms with Gasteiger partial charge in [0.15, 0.2) is 0 Å². The first kappa shape index (κ1) is 17.0. The highest BCUT2D eigenvalue weighted by Crippen LogP contribution is 2.09. The summed E-state index contributed by atoms with van der Waals surface area (Å²) in [5, 5.41) is 5.22. The summed E-state index contributed by atoms with van der Waals surface area (Å²) < 4.78 is 5.07. The Morgan fingerprint density at radius 2 is 1.71 bits per heavy atom. The molecular formula is C15H23N3O3. The van der Waals surface area contributed by atoms with Crippen molar-refractivity contribution in [2.45, 2.75) is 32.4 Å². The Labute approximate surface area is 125 Å². The Morgan fingerprint density at radius 3 is 2.29 bits per heavy atom. The monoisotopic (exact) mass is 293 g/mol. The van der Waals surface area contributed by atoms with E-state index < -0.39 is 17.7 Å². The molecular weight excluding hydrogens is 270 g/mol. The maximum absolute atomic E-state index is 11.8. The van der Waals surface area contributed by atoms with Crippen LogP contribution < -0.4 is 16.4 Å². The van der Waals surface area contributed by atoms with Gasteiger partial charge in [-0.3, -0.25) is 4.79 Å². The third-order valence-corrected chi connectivity index (χ3v) is 2.53. The minimum Gasteiger partial charge on any atom is -0.444 e. The van der Waals surface area contributed by atoms with E-state index in [9.17, 15) is 9.59 Å². The Kier molecular flexibility index (Phi) is 6.17. The van der Waals surface area contributed by atoms with E-state index in [4.69, 9.17) is 10.5 Å². The molecule has 6 heteroatoms. The second kappa shape index (κ2) is 7.64. The smallest absolute Gasteiger partial charge is 0.407 e. The van der Waals surface area contributed by atoms with E-state index in [0.717, 1.165) is 5.56 Å². The maximum atomic E-state index is 11.8. The van der Waals surface area contributed by atoms with E-state index in [1.165, 1.54) is 0 Å². The Morgan fingerprint density at radius 1 is 1.14 bits per heavy atom. The summed E-state index contributed by atoms with van der Waals surface area (Å²) in [6, 6.07) is 8.39. The molecule has 116 valence electrons. The average Bonchev–Trinajstić information content (AvgIpc) is 2.41. The van der Waals surface area contributed by atoms with Gasteiger partial charge in [-0.15, -0.1) is 0 Å². The molecule has 0 saturated carbocycles. The van der Waals surface area contributed by atoms with Gasteiger partial charge in [0, 0.05) is 13.1 Å². The van der Waals surface area contributed by atoms with Crippen LogP contribution in [0.4, 0.5) is 4.79 Å². The first-order valence-corrected chi connectivity index (χ1v) is 6.84. The van der Waals surface area contributed by atoms with Crippen molar-refractivity contribution in [3.63, 3.8) is 0 Å². The van der Waals surface area contributed by atoms with Crippen LogP contribution in [-0.2, 0) is 9.53 Å². The fraction of sp³-hybridized carbons (Fsp3) is 0.467. The summed E-state index contributed by atoms with van der Waals surface area (Å²) in [6.45, 7) is 5.93. The van der Waals surface area contributed by atoms with Gasteiger partial charge < -0.3 is 21.1 Å². The first-order valence-electron chi connectivity index (χ1n) is 6.84. The van der Waals surface area contributed by atoms with Crippen LogP contribution in [0, 0.1) is 0 Å². The molecule has 4 N–H and O–H groups in total. The fourth-order valence-corrected chi connectivity index (χ4v) is 1.59. The molecule has 0 aliphatic heterocycles. The molecule has 6 nitrogen and oxygen atoms in total. The van der Waals surface area contributed by atoms with Gasteiger partial charge in [-0.05, 0) is 26.3 Å². The van der Waals surface area contributed by atoms with E-state index in [1.54, 1.807) is 32.9 Å². The number of carbonyl (C=O) groups is 2. The lowest BCUT2D eigenvalue weighted by molar-refractivity contribution is -0.122. The summed E-state index contributed by atoms with van der Waals surface area (Å²) in [4.78, 5) is 23.2. The van der Waals surface area contributed by atoms with Gasteiger partial charge in [-0.2, -0.15) is 0 Å². The predicted octanol–water partition coefficient (Wildman–Crippen LogP) is 1.33. The van der Waals surface area contributed by atoms with Crippen molar-refractivity contribution in [2.24, 2.45) is 5.73 Å². The van der Waals surface area contributed by atoms with Crippen LogP contribution in [-0.4, -0.2) is 30.7 Å². The minimum absolute atomic E-state index is 0.280. The number of benzene rings is 1. The molecule has 1 aromatic carbocycles. The molecule has 0 aliphatic carbocycles. The Hall–Kier alpha value is -2.08. The SMILES string of the molecule is CC(C)(C)OC(=O)NCCNC(=O)[C@@H](N)c1ccccc1. The molecule has 0 spiro atoms. The molecule has 2 amide bonds. The standard InChI is InChI=1S/C15H23N3O3/c1-15(2,3)21-14(20)18-10-9-17-13(19)12(16)11-7-5-4-6-8-11/h4-8,12H,9-10,16H2,1-3H3,(H,17,19)(H,18,20)/t12-/m0/s1. The molecule has 1 aromatic rings. The summed E-state index contributed by atoms with van der Waals surface area (Å²) in [6.07, 6.45) is -0.510. The van der Waals surface area contributed by atoms with Gasteiger partial charge in [0.05, 0.1) is 0 Å². The van der Waals surface area contributed by atoms with Crippen molar-refractivity contribution >= 4 is 12.0 Å². The molecule has 0 unspecified atom stereocenters. The summed E-state index contributed by atoms with van der Waals surface area (Å²) in [5.41, 5.74) is 6.05. The van der Waals surface area contributed by atoms with Crippen molar-refractivity contribution in [2.75, 3.05) is 13.1 Å². The van der Waals surface area contributed by atoms with E-state index >= 15 is 0 Å². The van der Waals surface area contributed by atoms with Gasteiger partial charge in [0.25, 0.3) is 0 Å². The molecule has 0 saturated heterocycles. The second-order valence-corrected chi connectivity index (χ2v) is 5.61. The molecule has 0 aromatic heterocycles. The quantitative estimate of drug-likeness (QED) is 0.714. The minimum atomic E-state index is -0.715. The van der Waals surface area contributed by atoms with Gasteiger partial charge >= 0.3 is 6.09 Å². The van der Waals surface area contributed by atoms with Crippen LogP contribution in [0.2, 0.25) is 0 Å². The van der Waals surface area contributed by atoms with Crippen molar-refractivity contribution in [3.8, 4) is 0 Å². The van der Waals surface area contributed by atoms with Crippen LogP contribution >= 0.6 is 0 Å². The van der Waals surface area contributed by atoms with Crippen LogP contribution in [0.25, 0.3) is 0 Å². The lowest BCUT2D eigenvalue weighted by Crippen LogP contribution is -2.40. The number of amides is 2. The zero-order chi connectivity index (χ0) is 15.9. The number of hydrogen-bond donors (Lipinski definition) is 3. The number of nitrogens with one attached hydrogen (secondary N) is 2. The van der Waals surface area contributed by atoms with Gasteiger partial charge in [-0.25, -0.2) is 4.79 Å². The zero-order valence-electron chi connectivity index (χ0n) is 12.7. The first-order chi connectivity index (χ1) is 9.79. The maximum Gasteiger partial charge on any atom is 0.407 e. The molecule has 1 rings (SSSR count). The third kappa shape index (κ3) is 6.76. The fourth-order valence-electron chi connectivity index (χ4n) is 1.59. The highest BCUT2D eigenvalue weighted by molar-refractivity contribution is 5.82. The molecule has 1 atom stereocenters. The molecule has 21 heavy (non-hydrogen) atoms. The summed E-state index contributed by atoms with van der Waals surface area (Å²) >= 11 is 0. The second-order valence-electron chi connectivity index (χ2n) is 5.61. The zero-order valence-corrected chi connectivity index (χ0v) is 12.7. The summed E-state index contributed by atoms with van der Waals surface area (Å²) in [7, 11) is 0. The van der Waals surface area contributed by atoms with Crippen LogP contribution in [0.3, 0.4) is 0 Å². The Balaban J connectivity index is 2.27. The molecule has 0 heterocycles. The number of nitrogens with two attached hydrogens (primary N) is 1. The van der Waals surface area contributed by atoms with Crippen LogP contribution in [0.15, 0.2) is 30.3 Å². The topological polar surface area (TPSA) is 93.5 Å². The highest BCUT2D eigenvalue weighted by Gasteiger charge is 2.16. The molecule has 0 fully saturated rings. The van der Waals surface area contributed by atoms with E-state index in [-0.39, 0.29) is 12.5 Å². The van der Waals surface area contributed by atoms with Crippen molar-refractivity contribution < 1.29 is 14.3 Å².